The van der Waals surface area contributed by atoms with E-state index < -0.39 is 17.5 Å². The number of hydrogen-bond acceptors (Lipinski definition) is 5. The van der Waals surface area contributed by atoms with Crippen molar-refractivity contribution in [3.8, 4) is 11.5 Å². The third-order valence-electron chi connectivity index (χ3n) is 5.21. The van der Waals surface area contributed by atoms with Crippen LogP contribution in [0, 0.1) is 11.8 Å². The third kappa shape index (κ3) is 4.37. The number of nitrogens with one attached hydrogen (secondary N) is 1. The van der Waals surface area contributed by atoms with Crippen LogP contribution < -0.4 is 14.8 Å². The summed E-state index contributed by atoms with van der Waals surface area (Å²) in [7, 11) is 0. The largest absolute Gasteiger partial charge is 0.486 e. The summed E-state index contributed by atoms with van der Waals surface area (Å²) in [5, 5.41) is 2.75. The van der Waals surface area contributed by atoms with Gasteiger partial charge in [0.25, 0.3) is 5.91 Å². The number of hydrogen-bond donors (Lipinski definition) is 1. The van der Waals surface area contributed by atoms with E-state index in [-0.39, 0.29) is 12.5 Å². The Hall–Kier alpha value is -2.77. The fourth-order valence-corrected chi connectivity index (χ4v) is 3.79. The minimum atomic E-state index is -1.27. The van der Waals surface area contributed by atoms with Crippen molar-refractivity contribution in [3.63, 3.8) is 0 Å². The first-order valence-corrected chi connectivity index (χ1v) is 10.4. The maximum atomic E-state index is 13.2. The van der Waals surface area contributed by atoms with Crippen LogP contribution >= 0.6 is 0 Å². The zero-order valence-electron chi connectivity index (χ0n) is 18.4. The quantitative estimate of drug-likeness (QED) is 0.688. The Morgan fingerprint density at radius 3 is 2.30 bits per heavy atom. The average Bonchev–Trinajstić information content (AvgIpc) is 2.90. The molecule has 1 saturated heterocycles. The normalized spacial score (nSPS) is 20.7. The first-order chi connectivity index (χ1) is 14.1. The number of carbonyl (C=O) groups excluding carboxylic acids is 3. The number of fused-ring (bicyclic) bond motifs is 1. The Balaban J connectivity index is 1.79. The van der Waals surface area contributed by atoms with E-state index in [1.165, 1.54) is 0 Å². The first kappa shape index (κ1) is 21.9. The van der Waals surface area contributed by atoms with Crippen molar-refractivity contribution in [2.24, 2.45) is 11.8 Å². The molecule has 1 N–H and O–H groups in total. The lowest BCUT2D eigenvalue weighted by Gasteiger charge is -2.28. The van der Waals surface area contributed by atoms with Crippen molar-refractivity contribution in [1.29, 1.82) is 0 Å². The highest BCUT2D eigenvalue weighted by molar-refractivity contribution is 6.09. The fourth-order valence-electron chi connectivity index (χ4n) is 3.79. The predicted molar refractivity (Wildman–Crippen MR) is 111 cm³/mol. The van der Waals surface area contributed by atoms with Crippen LogP contribution in [0.25, 0.3) is 0 Å². The Labute approximate surface area is 177 Å². The van der Waals surface area contributed by atoms with Gasteiger partial charge in [0.15, 0.2) is 11.5 Å². The number of benzene rings is 1. The molecule has 2 heterocycles. The highest BCUT2D eigenvalue weighted by atomic mass is 16.6. The van der Waals surface area contributed by atoms with E-state index >= 15 is 0 Å². The second-order valence-corrected chi connectivity index (χ2v) is 8.89. The zero-order chi connectivity index (χ0) is 22.1. The molecule has 1 fully saturated rings. The van der Waals surface area contributed by atoms with Crippen LogP contribution in [0.3, 0.4) is 0 Å². The van der Waals surface area contributed by atoms with Crippen molar-refractivity contribution in [3.05, 3.63) is 23.8 Å². The van der Waals surface area contributed by atoms with E-state index in [9.17, 15) is 14.4 Å². The number of urea groups is 1. The van der Waals surface area contributed by atoms with Crippen LogP contribution in [-0.2, 0) is 15.1 Å². The fraction of sp³-hybridized carbons (Fsp3) is 0.591. The van der Waals surface area contributed by atoms with Gasteiger partial charge in [-0.2, -0.15) is 0 Å². The van der Waals surface area contributed by atoms with Gasteiger partial charge in [0, 0.05) is 13.1 Å². The molecular weight excluding hydrogens is 386 g/mol. The number of nitrogens with zero attached hydrogens (tertiary/aromatic N) is 2. The molecule has 30 heavy (non-hydrogen) atoms. The minimum absolute atomic E-state index is 0.229. The molecule has 1 aromatic carbocycles. The van der Waals surface area contributed by atoms with Gasteiger partial charge in [0.1, 0.15) is 25.3 Å². The van der Waals surface area contributed by atoms with Gasteiger partial charge in [-0.15, -0.1) is 0 Å². The molecular formula is C22H31N3O5. The summed E-state index contributed by atoms with van der Waals surface area (Å²) in [5.41, 5.74) is -0.685. The lowest BCUT2D eigenvalue weighted by Crippen LogP contribution is -2.46. The Kier molecular flexibility index (Phi) is 6.24. The zero-order valence-corrected chi connectivity index (χ0v) is 18.4. The summed E-state index contributed by atoms with van der Waals surface area (Å²) in [6.07, 6.45) is 0. The summed E-state index contributed by atoms with van der Waals surface area (Å²) in [5.74, 6) is 1.04. The molecule has 0 radical (unpaired) electrons. The van der Waals surface area contributed by atoms with Gasteiger partial charge in [-0.25, -0.2) is 4.79 Å². The van der Waals surface area contributed by atoms with E-state index in [0.29, 0.717) is 55.2 Å². The molecule has 0 spiro atoms. The molecule has 2 aliphatic heterocycles. The molecule has 0 aromatic heterocycles. The number of ether oxygens (including phenoxy) is 2. The van der Waals surface area contributed by atoms with E-state index in [1.807, 2.05) is 27.7 Å². The minimum Gasteiger partial charge on any atom is -0.486 e. The highest BCUT2D eigenvalue weighted by Gasteiger charge is 2.50. The SMILES string of the molecule is CC(C)CN(CC(C)C)C(=O)CN1C(=O)N[C@](C)(c2ccc3c(c2)OCCO3)C1=O. The van der Waals surface area contributed by atoms with Crippen LogP contribution in [0.4, 0.5) is 4.79 Å². The van der Waals surface area contributed by atoms with Crippen LogP contribution in [0.1, 0.15) is 40.2 Å². The maximum absolute atomic E-state index is 13.2. The lowest BCUT2D eigenvalue weighted by molar-refractivity contribution is -0.139. The van der Waals surface area contributed by atoms with Gasteiger partial charge in [-0.3, -0.25) is 14.5 Å². The molecule has 0 aliphatic carbocycles. The molecule has 2 aliphatic rings. The molecule has 0 unspecified atom stereocenters. The Bertz CT molecular complexity index is 828. The van der Waals surface area contributed by atoms with Gasteiger partial charge in [-0.05, 0) is 36.5 Å². The summed E-state index contributed by atoms with van der Waals surface area (Å²) >= 11 is 0. The number of imide groups is 1. The van der Waals surface area contributed by atoms with Crippen molar-refractivity contribution >= 4 is 17.8 Å². The molecule has 0 saturated carbocycles. The lowest BCUT2D eigenvalue weighted by atomic mass is 9.91. The molecule has 1 atom stereocenters. The smallest absolute Gasteiger partial charge is 0.325 e. The summed E-state index contributed by atoms with van der Waals surface area (Å²) in [6, 6.07) is 4.61. The second-order valence-electron chi connectivity index (χ2n) is 8.89. The molecule has 4 amide bonds. The second kappa shape index (κ2) is 8.53. The van der Waals surface area contributed by atoms with Crippen molar-refractivity contribution in [2.45, 2.75) is 40.2 Å². The predicted octanol–water partition coefficient (Wildman–Crippen LogP) is 2.37. The van der Waals surface area contributed by atoms with Gasteiger partial charge in [0.05, 0.1) is 0 Å². The van der Waals surface area contributed by atoms with Crippen LogP contribution in [-0.4, -0.2) is 60.5 Å². The molecule has 8 heteroatoms. The van der Waals surface area contributed by atoms with Crippen molar-refractivity contribution in [2.75, 3.05) is 32.8 Å². The third-order valence-corrected chi connectivity index (χ3v) is 5.21. The van der Waals surface area contributed by atoms with Gasteiger partial charge >= 0.3 is 6.03 Å². The molecule has 164 valence electrons. The number of rotatable bonds is 7. The standard InChI is InChI=1S/C22H31N3O5/c1-14(2)11-24(12-15(3)4)19(26)13-25-20(27)22(5,23-21(25)28)16-6-7-17-18(10-16)30-9-8-29-17/h6-7,10,14-15H,8-9,11-13H2,1-5H3,(H,23,28)/t22-/m1/s1. The summed E-state index contributed by atoms with van der Waals surface area (Å²) < 4.78 is 11.1. The van der Waals surface area contributed by atoms with Crippen molar-refractivity contribution < 1.29 is 23.9 Å². The van der Waals surface area contributed by atoms with Crippen LogP contribution in [0.2, 0.25) is 0 Å². The molecule has 0 bridgehead atoms. The summed E-state index contributed by atoms with van der Waals surface area (Å²) in [6.45, 7) is 11.6. The number of amides is 4. The first-order valence-electron chi connectivity index (χ1n) is 10.4. The Morgan fingerprint density at radius 2 is 1.70 bits per heavy atom. The average molecular weight is 418 g/mol. The van der Waals surface area contributed by atoms with Crippen LogP contribution in [0.5, 0.6) is 11.5 Å². The van der Waals surface area contributed by atoms with E-state index in [0.717, 1.165) is 4.90 Å². The van der Waals surface area contributed by atoms with E-state index in [1.54, 1.807) is 30.0 Å². The van der Waals surface area contributed by atoms with Crippen molar-refractivity contribution in [1.82, 2.24) is 15.1 Å². The van der Waals surface area contributed by atoms with E-state index in [2.05, 4.69) is 5.32 Å². The van der Waals surface area contributed by atoms with Crippen LogP contribution in [0.15, 0.2) is 18.2 Å². The molecule has 3 rings (SSSR count). The summed E-state index contributed by atoms with van der Waals surface area (Å²) in [4.78, 5) is 41.5. The topological polar surface area (TPSA) is 88.2 Å². The number of carbonyl (C=O) groups is 3. The van der Waals surface area contributed by atoms with Gasteiger partial charge in [0.2, 0.25) is 5.91 Å². The van der Waals surface area contributed by atoms with E-state index in [4.69, 9.17) is 9.47 Å². The molecule has 1 aromatic rings. The molecule has 8 nitrogen and oxygen atoms in total. The van der Waals surface area contributed by atoms with Gasteiger partial charge in [-0.1, -0.05) is 33.8 Å². The Morgan fingerprint density at radius 1 is 1.10 bits per heavy atom. The highest BCUT2D eigenvalue weighted by Crippen LogP contribution is 2.36. The van der Waals surface area contributed by atoms with Gasteiger partial charge < -0.3 is 19.7 Å². The monoisotopic (exact) mass is 417 g/mol. The maximum Gasteiger partial charge on any atom is 0.325 e.